The molecule has 12 heteroatoms. The predicted octanol–water partition coefficient (Wildman–Crippen LogP) is 0.284. The van der Waals surface area contributed by atoms with E-state index in [9.17, 15) is 19.2 Å². The fourth-order valence-electron chi connectivity index (χ4n) is 3.95. The normalized spacial score (nSPS) is 18.4. The Bertz CT molecular complexity index is 734. The van der Waals surface area contributed by atoms with Crippen molar-refractivity contribution in [1.82, 2.24) is 20.0 Å². The maximum Gasteiger partial charge on any atom is 0.323 e. The van der Waals surface area contributed by atoms with Gasteiger partial charge in [-0.3, -0.25) is 33.9 Å². The second-order valence-corrected chi connectivity index (χ2v) is 11.3. The smallest absolute Gasteiger partial charge is 0.323 e. The number of hydrogen-bond acceptors (Lipinski definition) is 12. The number of nitrogens with one attached hydrogen (secondary N) is 1. The number of ether oxygens (including phenoxy) is 4. The van der Waals surface area contributed by atoms with Gasteiger partial charge in [0.25, 0.3) is 0 Å². The van der Waals surface area contributed by atoms with Crippen molar-refractivity contribution in [3.05, 3.63) is 0 Å². The minimum Gasteiger partial charge on any atom is -0.469 e. The number of nitrogens with zero attached hydrogens (tertiary/aromatic N) is 3. The lowest BCUT2D eigenvalue weighted by Gasteiger charge is -2.34. The molecular weight excluding hydrogens is 496 g/mol. The summed E-state index contributed by atoms with van der Waals surface area (Å²) in [4.78, 5) is 55.7. The summed E-state index contributed by atoms with van der Waals surface area (Å²) >= 11 is 0. The Morgan fingerprint density at radius 3 is 1.50 bits per heavy atom. The van der Waals surface area contributed by atoms with Gasteiger partial charge < -0.3 is 24.3 Å². The molecule has 38 heavy (non-hydrogen) atoms. The van der Waals surface area contributed by atoms with Crippen LogP contribution in [0.2, 0.25) is 0 Å². The molecule has 0 amide bonds. The zero-order chi connectivity index (χ0) is 28.9. The molecule has 0 aromatic carbocycles. The molecule has 1 saturated heterocycles. The number of methoxy groups -OCH3 is 2. The molecule has 1 aliphatic heterocycles. The third-order valence-electron chi connectivity index (χ3n) is 5.66. The van der Waals surface area contributed by atoms with E-state index < -0.39 is 29.2 Å². The minimum atomic E-state index is -0.875. The third kappa shape index (κ3) is 14.6. The Morgan fingerprint density at radius 2 is 1.13 bits per heavy atom. The fourth-order valence-corrected chi connectivity index (χ4v) is 3.95. The van der Waals surface area contributed by atoms with Crippen LogP contribution in [0.1, 0.15) is 48.0 Å². The highest BCUT2D eigenvalue weighted by Crippen LogP contribution is 2.12. The summed E-state index contributed by atoms with van der Waals surface area (Å²) in [5.74, 6) is -1.76. The van der Waals surface area contributed by atoms with E-state index in [1.54, 1.807) is 0 Å². The molecule has 1 aliphatic rings. The van der Waals surface area contributed by atoms with Gasteiger partial charge in [-0.05, 0) is 41.5 Å². The highest BCUT2D eigenvalue weighted by atomic mass is 16.6. The second kappa shape index (κ2) is 16.0. The van der Waals surface area contributed by atoms with E-state index in [0.29, 0.717) is 52.4 Å². The van der Waals surface area contributed by atoms with Crippen molar-refractivity contribution in [1.29, 1.82) is 0 Å². The summed E-state index contributed by atoms with van der Waals surface area (Å²) in [5, 5.41) is 3.36. The third-order valence-corrected chi connectivity index (χ3v) is 5.66. The highest BCUT2D eigenvalue weighted by Gasteiger charge is 2.31. The molecule has 1 heterocycles. The van der Waals surface area contributed by atoms with Gasteiger partial charge in [0, 0.05) is 52.4 Å². The van der Waals surface area contributed by atoms with Gasteiger partial charge in [0.05, 0.1) is 33.7 Å². The van der Waals surface area contributed by atoms with Crippen molar-refractivity contribution >= 4 is 23.9 Å². The Hall–Kier alpha value is -2.28. The molecule has 0 bridgehead atoms. The average molecular weight is 545 g/mol. The van der Waals surface area contributed by atoms with Gasteiger partial charge in [-0.15, -0.1) is 0 Å². The molecule has 0 aromatic heterocycles. The topological polar surface area (TPSA) is 127 Å². The number of rotatable bonds is 8. The number of hydrogen-bond donors (Lipinski definition) is 1. The van der Waals surface area contributed by atoms with E-state index in [-0.39, 0.29) is 31.4 Å². The van der Waals surface area contributed by atoms with Crippen LogP contribution in [0, 0.1) is 0 Å². The largest absolute Gasteiger partial charge is 0.469 e. The molecule has 0 spiro atoms. The van der Waals surface area contributed by atoms with Gasteiger partial charge >= 0.3 is 23.9 Å². The van der Waals surface area contributed by atoms with Crippen LogP contribution in [0.25, 0.3) is 0 Å². The summed E-state index contributed by atoms with van der Waals surface area (Å²) < 4.78 is 20.8. The molecule has 1 rings (SSSR count). The van der Waals surface area contributed by atoms with Crippen LogP contribution < -0.4 is 5.32 Å². The molecule has 1 fully saturated rings. The maximum atomic E-state index is 12.7. The zero-order valence-corrected chi connectivity index (χ0v) is 24.5. The summed E-state index contributed by atoms with van der Waals surface area (Å²) in [6, 6.07) is -0.875. The lowest BCUT2D eigenvalue weighted by atomic mass is 10.1. The SMILES string of the molecule is COC(=O)CC(C(=O)OC)N1CCN(CC(=O)OC(C)(C)C)CCNCCN(CC(=O)OC(C)(C)C)CC1. The summed E-state index contributed by atoms with van der Waals surface area (Å²) in [6.45, 7) is 15.1. The van der Waals surface area contributed by atoms with Crippen molar-refractivity contribution < 1.29 is 38.1 Å². The second-order valence-electron chi connectivity index (χ2n) is 11.3. The molecule has 0 saturated carbocycles. The van der Waals surface area contributed by atoms with Gasteiger partial charge in [0.2, 0.25) is 0 Å². The molecule has 1 atom stereocenters. The molecule has 0 radical (unpaired) electrons. The van der Waals surface area contributed by atoms with Crippen LogP contribution in [0.3, 0.4) is 0 Å². The standard InChI is InChI=1S/C26H48N4O8/c1-25(2,3)37-22(32)18-28-11-9-27-10-12-29(19-23(33)38-26(4,5)6)14-16-30(15-13-28)20(24(34)36-8)17-21(31)35-7/h20,27H,9-19H2,1-8H3. The van der Waals surface area contributed by atoms with E-state index in [0.717, 1.165) is 0 Å². The van der Waals surface area contributed by atoms with Crippen molar-refractivity contribution in [2.45, 2.75) is 65.2 Å². The first-order valence-electron chi connectivity index (χ1n) is 13.1. The van der Waals surface area contributed by atoms with Crippen LogP contribution >= 0.6 is 0 Å². The first-order chi connectivity index (χ1) is 17.6. The molecule has 220 valence electrons. The van der Waals surface area contributed by atoms with Crippen molar-refractivity contribution in [2.75, 3.05) is 79.7 Å². The van der Waals surface area contributed by atoms with Gasteiger partial charge in [0.15, 0.2) is 0 Å². The lowest BCUT2D eigenvalue weighted by Crippen LogP contribution is -2.52. The van der Waals surface area contributed by atoms with E-state index in [4.69, 9.17) is 18.9 Å². The van der Waals surface area contributed by atoms with E-state index >= 15 is 0 Å². The quantitative estimate of drug-likeness (QED) is 0.333. The number of carbonyl (C=O) groups is 4. The van der Waals surface area contributed by atoms with Gasteiger partial charge in [-0.25, -0.2) is 0 Å². The molecule has 1 unspecified atom stereocenters. The summed E-state index contributed by atoms with van der Waals surface area (Å²) in [6.07, 6.45) is -0.178. The minimum absolute atomic E-state index is 0.0947. The zero-order valence-electron chi connectivity index (χ0n) is 24.5. The average Bonchev–Trinajstić information content (AvgIpc) is 2.77. The van der Waals surface area contributed by atoms with Crippen LogP contribution in [0.15, 0.2) is 0 Å². The van der Waals surface area contributed by atoms with Crippen LogP contribution in [-0.2, 0) is 38.1 Å². The van der Waals surface area contributed by atoms with Crippen molar-refractivity contribution in [2.24, 2.45) is 0 Å². The predicted molar refractivity (Wildman–Crippen MR) is 141 cm³/mol. The summed E-state index contributed by atoms with van der Waals surface area (Å²) in [7, 11) is 2.55. The Kier molecular flexibility index (Phi) is 14.2. The van der Waals surface area contributed by atoms with E-state index in [1.807, 2.05) is 56.2 Å². The number of esters is 4. The first kappa shape index (κ1) is 33.7. The van der Waals surface area contributed by atoms with Crippen LogP contribution in [-0.4, -0.2) is 135 Å². The molecule has 12 nitrogen and oxygen atoms in total. The number of carbonyl (C=O) groups excluding carboxylic acids is 4. The maximum absolute atomic E-state index is 12.7. The Labute approximate surface area is 227 Å². The Morgan fingerprint density at radius 1 is 0.684 bits per heavy atom. The fraction of sp³-hybridized carbons (Fsp3) is 0.846. The molecule has 0 aromatic rings. The van der Waals surface area contributed by atoms with E-state index in [1.165, 1.54) is 14.2 Å². The van der Waals surface area contributed by atoms with Gasteiger partial charge in [-0.2, -0.15) is 0 Å². The monoisotopic (exact) mass is 544 g/mol. The molecular formula is C26H48N4O8. The summed E-state index contributed by atoms with van der Waals surface area (Å²) in [5.41, 5.74) is -1.19. The van der Waals surface area contributed by atoms with Crippen LogP contribution in [0.5, 0.6) is 0 Å². The van der Waals surface area contributed by atoms with Crippen molar-refractivity contribution in [3.8, 4) is 0 Å². The van der Waals surface area contributed by atoms with Gasteiger partial charge in [-0.1, -0.05) is 0 Å². The lowest BCUT2D eigenvalue weighted by molar-refractivity contribution is -0.157. The van der Waals surface area contributed by atoms with Gasteiger partial charge in [0.1, 0.15) is 17.2 Å². The van der Waals surface area contributed by atoms with E-state index in [2.05, 4.69) is 5.32 Å². The van der Waals surface area contributed by atoms with Crippen LogP contribution in [0.4, 0.5) is 0 Å². The highest BCUT2D eigenvalue weighted by molar-refractivity contribution is 5.82. The molecule has 1 N–H and O–H groups in total. The Balaban J connectivity index is 3.11. The molecule has 0 aliphatic carbocycles. The first-order valence-corrected chi connectivity index (χ1v) is 13.1. The van der Waals surface area contributed by atoms with Crippen molar-refractivity contribution in [3.63, 3.8) is 0 Å².